The normalized spacial score (nSPS) is 17.2. The van der Waals surface area contributed by atoms with Gasteiger partial charge in [-0.25, -0.2) is 0 Å². The highest BCUT2D eigenvalue weighted by atomic mass is 16.6. The fourth-order valence-corrected chi connectivity index (χ4v) is 3.11. The number of hydrogen-bond acceptors (Lipinski definition) is 6. The Hall–Kier alpha value is -2.50. The lowest BCUT2D eigenvalue weighted by atomic mass is 10.0. The van der Waals surface area contributed by atoms with Gasteiger partial charge in [-0.1, -0.05) is 19.9 Å². The van der Waals surface area contributed by atoms with E-state index in [0.717, 1.165) is 26.2 Å². The van der Waals surface area contributed by atoms with E-state index in [4.69, 9.17) is 5.73 Å². The quantitative estimate of drug-likeness (QED) is 0.614. The second kappa shape index (κ2) is 8.05. The number of nitrogens with two attached hydrogens (primary N) is 1. The van der Waals surface area contributed by atoms with Crippen LogP contribution in [0.3, 0.4) is 0 Å². The first-order valence-electron chi connectivity index (χ1n) is 8.26. The van der Waals surface area contributed by atoms with E-state index in [-0.39, 0.29) is 23.2 Å². The van der Waals surface area contributed by atoms with E-state index in [0.29, 0.717) is 12.1 Å². The van der Waals surface area contributed by atoms with E-state index in [1.807, 2.05) is 13.8 Å². The van der Waals surface area contributed by atoms with Crippen LogP contribution in [0, 0.1) is 27.4 Å². The molecule has 1 amide bonds. The number of amides is 1. The fraction of sp³-hybridized carbons (Fsp3) is 0.529. The van der Waals surface area contributed by atoms with Gasteiger partial charge in [0.1, 0.15) is 6.04 Å². The summed E-state index contributed by atoms with van der Waals surface area (Å²) in [5, 5.41) is 20.6. The smallest absolute Gasteiger partial charge is 0.274 e. The number of nitriles is 1. The molecular weight excluding hydrogens is 322 g/mol. The number of nitro benzene ring substituents is 1. The van der Waals surface area contributed by atoms with Crippen LogP contribution in [0.4, 0.5) is 5.69 Å². The van der Waals surface area contributed by atoms with Crippen molar-refractivity contribution in [2.45, 2.75) is 26.4 Å². The first-order chi connectivity index (χ1) is 11.8. The van der Waals surface area contributed by atoms with Gasteiger partial charge >= 0.3 is 0 Å². The van der Waals surface area contributed by atoms with Crippen molar-refractivity contribution in [2.75, 3.05) is 26.2 Å². The summed E-state index contributed by atoms with van der Waals surface area (Å²) < 4.78 is 0. The highest BCUT2D eigenvalue weighted by Gasteiger charge is 2.27. The molecule has 0 aliphatic carbocycles. The van der Waals surface area contributed by atoms with E-state index in [9.17, 15) is 20.2 Å². The number of primary amides is 1. The number of nitro groups is 1. The summed E-state index contributed by atoms with van der Waals surface area (Å²) in [6.45, 7) is 7.47. The highest BCUT2D eigenvalue weighted by Crippen LogP contribution is 2.23. The molecule has 25 heavy (non-hydrogen) atoms. The topological polar surface area (TPSA) is 117 Å². The second-order valence-electron chi connectivity index (χ2n) is 6.59. The lowest BCUT2D eigenvalue weighted by Crippen LogP contribution is -2.51. The third-order valence-corrected chi connectivity index (χ3v) is 4.52. The third kappa shape index (κ3) is 4.53. The first kappa shape index (κ1) is 18.8. The molecule has 8 nitrogen and oxygen atoms in total. The zero-order chi connectivity index (χ0) is 18.6. The largest absolute Gasteiger partial charge is 0.366 e. The van der Waals surface area contributed by atoms with Gasteiger partial charge in [-0.15, -0.1) is 0 Å². The zero-order valence-electron chi connectivity index (χ0n) is 14.5. The van der Waals surface area contributed by atoms with Crippen molar-refractivity contribution in [3.8, 4) is 6.07 Å². The molecule has 0 spiro atoms. The van der Waals surface area contributed by atoms with Crippen LogP contribution in [0.5, 0.6) is 0 Å². The van der Waals surface area contributed by atoms with E-state index in [1.54, 1.807) is 6.07 Å². The Morgan fingerprint density at radius 2 is 2.00 bits per heavy atom. The molecule has 2 N–H and O–H groups in total. The van der Waals surface area contributed by atoms with Crippen LogP contribution in [0.1, 0.15) is 29.8 Å². The molecule has 0 bridgehead atoms. The van der Waals surface area contributed by atoms with Gasteiger partial charge in [0, 0.05) is 49.9 Å². The summed E-state index contributed by atoms with van der Waals surface area (Å²) in [7, 11) is 0. The molecule has 1 aliphatic heterocycles. The molecule has 0 radical (unpaired) electrons. The molecule has 1 saturated heterocycles. The number of carbonyl (C=O) groups is 1. The SMILES string of the molecule is CC(C)C(C#N)N1CCN(Cc2ccc(C(N)=O)cc2[N+](=O)[O-])CC1. The summed E-state index contributed by atoms with van der Waals surface area (Å²) in [5.41, 5.74) is 5.80. The van der Waals surface area contributed by atoms with Gasteiger partial charge in [0.15, 0.2) is 0 Å². The molecule has 0 saturated carbocycles. The minimum absolute atomic E-state index is 0.0872. The number of nitrogens with zero attached hydrogens (tertiary/aromatic N) is 4. The van der Waals surface area contributed by atoms with Crippen LogP contribution in [0.25, 0.3) is 0 Å². The summed E-state index contributed by atoms with van der Waals surface area (Å²) in [6, 6.07) is 6.59. The van der Waals surface area contributed by atoms with Crippen LogP contribution in [-0.2, 0) is 6.54 Å². The predicted molar refractivity (Wildman–Crippen MR) is 92.7 cm³/mol. The standard InChI is InChI=1S/C17H23N5O3/c1-12(2)16(10-18)21-7-5-20(6-8-21)11-14-4-3-13(17(19)23)9-15(14)22(24)25/h3-4,9,12,16H,5-8,11H2,1-2H3,(H2,19,23). The van der Waals surface area contributed by atoms with Crippen molar-refractivity contribution in [1.29, 1.82) is 5.26 Å². The lowest BCUT2D eigenvalue weighted by Gasteiger charge is -2.38. The first-order valence-corrected chi connectivity index (χ1v) is 8.26. The van der Waals surface area contributed by atoms with Crippen LogP contribution < -0.4 is 5.73 Å². The molecule has 1 fully saturated rings. The molecule has 1 atom stereocenters. The Morgan fingerprint density at radius 1 is 1.36 bits per heavy atom. The number of hydrogen-bond donors (Lipinski definition) is 1. The average molecular weight is 345 g/mol. The van der Waals surface area contributed by atoms with Crippen molar-refractivity contribution in [1.82, 2.24) is 9.80 Å². The van der Waals surface area contributed by atoms with Crippen LogP contribution in [-0.4, -0.2) is 52.9 Å². The van der Waals surface area contributed by atoms with Gasteiger partial charge in [-0.3, -0.25) is 24.7 Å². The van der Waals surface area contributed by atoms with Crippen molar-refractivity contribution in [3.63, 3.8) is 0 Å². The van der Waals surface area contributed by atoms with Crippen molar-refractivity contribution < 1.29 is 9.72 Å². The molecule has 1 aromatic carbocycles. The van der Waals surface area contributed by atoms with Gasteiger partial charge in [-0.05, 0) is 12.0 Å². The molecule has 1 unspecified atom stereocenters. The van der Waals surface area contributed by atoms with E-state index >= 15 is 0 Å². The van der Waals surface area contributed by atoms with Crippen LogP contribution in [0.2, 0.25) is 0 Å². The van der Waals surface area contributed by atoms with Crippen molar-refractivity contribution in [2.24, 2.45) is 11.7 Å². The Labute approximate surface area is 147 Å². The number of piperazine rings is 1. The molecule has 1 aromatic rings. The average Bonchev–Trinajstić information content (AvgIpc) is 2.56. The van der Waals surface area contributed by atoms with E-state index in [2.05, 4.69) is 15.9 Å². The maximum atomic E-state index is 11.3. The maximum absolute atomic E-state index is 11.3. The van der Waals surface area contributed by atoms with Crippen molar-refractivity contribution in [3.05, 3.63) is 39.4 Å². The molecule has 8 heteroatoms. The Kier molecular flexibility index (Phi) is 6.07. The maximum Gasteiger partial charge on any atom is 0.274 e. The summed E-state index contributed by atoms with van der Waals surface area (Å²) in [6.07, 6.45) is 0. The van der Waals surface area contributed by atoms with Crippen LogP contribution in [0.15, 0.2) is 18.2 Å². The summed E-state index contributed by atoms with van der Waals surface area (Å²) in [5.74, 6) is -0.418. The van der Waals surface area contributed by atoms with Gasteiger partial charge < -0.3 is 5.73 Å². The highest BCUT2D eigenvalue weighted by molar-refractivity contribution is 5.93. The molecule has 134 valence electrons. The summed E-state index contributed by atoms with van der Waals surface area (Å²) >= 11 is 0. The van der Waals surface area contributed by atoms with Crippen LogP contribution >= 0.6 is 0 Å². The number of rotatable bonds is 6. The zero-order valence-corrected chi connectivity index (χ0v) is 14.5. The Balaban J connectivity index is 2.06. The van der Waals surface area contributed by atoms with E-state index in [1.165, 1.54) is 12.1 Å². The van der Waals surface area contributed by atoms with Gasteiger partial charge in [0.25, 0.3) is 5.69 Å². The summed E-state index contributed by atoms with van der Waals surface area (Å²) in [4.78, 5) is 26.3. The van der Waals surface area contributed by atoms with E-state index < -0.39 is 10.8 Å². The van der Waals surface area contributed by atoms with Gasteiger partial charge in [-0.2, -0.15) is 5.26 Å². The molecule has 1 aliphatic rings. The predicted octanol–water partition coefficient (Wildman–Crippen LogP) is 1.36. The second-order valence-corrected chi connectivity index (χ2v) is 6.59. The third-order valence-electron chi connectivity index (χ3n) is 4.52. The van der Waals surface area contributed by atoms with Gasteiger partial charge in [0.05, 0.1) is 11.0 Å². The molecule has 0 aromatic heterocycles. The minimum Gasteiger partial charge on any atom is -0.366 e. The Bertz CT molecular complexity index is 690. The van der Waals surface area contributed by atoms with Gasteiger partial charge in [0.2, 0.25) is 5.91 Å². The fourth-order valence-electron chi connectivity index (χ4n) is 3.11. The minimum atomic E-state index is -0.681. The Morgan fingerprint density at radius 3 is 2.48 bits per heavy atom. The lowest BCUT2D eigenvalue weighted by molar-refractivity contribution is -0.385. The monoisotopic (exact) mass is 345 g/mol. The molecular formula is C17H23N5O3. The molecule has 1 heterocycles. The number of carbonyl (C=O) groups excluding carboxylic acids is 1. The van der Waals surface area contributed by atoms with Crippen molar-refractivity contribution >= 4 is 11.6 Å². The molecule has 2 rings (SSSR count). The number of benzene rings is 1.